The van der Waals surface area contributed by atoms with E-state index in [9.17, 15) is 9.18 Å². The second-order valence-corrected chi connectivity index (χ2v) is 10.6. The normalized spacial score (nSPS) is 14.4. The van der Waals surface area contributed by atoms with E-state index in [0.717, 1.165) is 27.1 Å². The summed E-state index contributed by atoms with van der Waals surface area (Å²) in [5, 5.41) is 3.09. The molecule has 0 radical (unpaired) electrons. The van der Waals surface area contributed by atoms with Gasteiger partial charge in [-0.05, 0) is 23.1 Å². The van der Waals surface area contributed by atoms with Gasteiger partial charge in [-0.3, -0.25) is 4.79 Å². The highest BCUT2D eigenvalue weighted by Crippen LogP contribution is 2.35. The number of amides is 1. The van der Waals surface area contributed by atoms with Gasteiger partial charge < -0.3 is 20.4 Å². The first-order valence-corrected chi connectivity index (χ1v) is 12.5. The van der Waals surface area contributed by atoms with E-state index in [1.807, 2.05) is 69.4 Å². The fourth-order valence-electron chi connectivity index (χ4n) is 3.90. The molecule has 3 aromatic rings. The smallest absolute Gasteiger partial charge is 0.249 e. The van der Waals surface area contributed by atoms with E-state index in [1.54, 1.807) is 0 Å². The summed E-state index contributed by atoms with van der Waals surface area (Å²) in [7, 11) is 1.40. The number of hydrogen-bond acceptors (Lipinski definition) is 4. The second-order valence-electron chi connectivity index (χ2n) is 9.71. The molecule has 2 aromatic carbocycles. The summed E-state index contributed by atoms with van der Waals surface area (Å²) < 4.78 is 22.3. The largest absolute Gasteiger partial charge is 0.372 e. The van der Waals surface area contributed by atoms with Gasteiger partial charge in [0.15, 0.2) is 0 Å². The molecule has 0 aliphatic rings. The van der Waals surface area contributed by atoms with E-state index >= 15 is 0 Å². The maximum atomic E-state index is 13.9. The Bertz CT molecular complexity index is 1110. The average Bonchev–Trinajstić information content (AvgIpc) is 3.23. The number of aromatic nitrogens is 2. The van der Waals surface area contributed by atoms with Gasteiger partial charge in [0.25, 0.3) is 0 Å². The van der Waals surface area contributed by atoms with Crippen molar-refractivity contribution in [2.45, 2.75) is 52.1 Å². The van der Waals surface area contributed by atoms with Crippen LogP contribution in [0.3, 0.4) is 0 Å². The number of benzene rings is 2. The summed E-state index contributed by atoms with van der Waals surface area (Å²) in [5.74, 6) is 0.331. The van der Waals surface area contributed by atoms with Gasteiger partial charge in [-0.2, -0.15) is 0 Å². The molecule has 0 bridgehead atoms. The standard InChI is InChI=1S/C27H34BrFN4O2/c1-27(2,3)24(32-26(34)23(35-4)14-21(29)15-30)25-31-22(19-11-8-12-20(28)13-19)17-33(25)16-18-9-6-5-7-10-18/h5-13,17,21,23-24H,14-16,30H2,1-4H3,(H,32,34)/t21-,23?,24+/m1/s1. The molecular formula is C27H34BrFN4O2. The zero-order valence-electron chi connectivity index (χ0n) is 20.7. The Kier molecular flexibility index (Phi) is 9.21. The SMILES string of the molecule is COC(C[C@@H](F)CN)C(=O)N[C@@H](c1nc(-c2cccc(Br)c2)cn1Cc1ccccc1)C(C)(C)C. The summed E-state index contributed by atoms with van der Waals surface area (Å²) in [6, 6.07) is 17.6. The van der Waals surface area contributed by atoms with E-state index in [0.29, 0.717) is 6.54 Å². The third-order valence-corrected chi connectivity index (χ3v) is 6.33. The van der Waals surface area contributed by atoms with Gasteiger partial charge in [-0.25, -0.2) is 9.37 Å². The summed E-state index contributed by atoms with van der Waals surface area (Å²) in [6.07, 6.45) is -0.353. The van der Waals surface area contributed by atoms with Crippen molar-refractivity contribution in [1.29, 1.82) is 0 Å². The van der Waals surface area contributed by atoms with Crippen molar-refractivity contribution in [3.8, 4) is 11.3 Å². The van der Waals surface area contributed by atoms with Crippen LogP contribution in [-0.2, 0) is 16.1 Å². The molecule has 6 nitrogen and oxygen atoms in total. The van der Waals surface area contributed by atoms with Gasteiger partial charge in [0.2, 0.25) is 5.91 Å². The van der Waals surface area contributed by atoms with Crippen molar-refractivity contribution in [3.63, 3.8) is 0 Å². The molecule has 3 atom stereocenters. The number of carbonyl (C=O) groups excluding carboxylic acids is 1. The molecule has 1 amide bonds. The van der Waals surface area contributed by atoms with Crippen molar-refractivity contribution >= 4 is 21.8 Å². The molecule has 8 heteroatoms. The van der Waals surface area contributed by atoms with Crippen LogP contribution in [0.15, 0.2) is 65.3 Å². The first-order chi connectivity index (χ1) is 16.6. The quantitative estimate of drug-likeness (QED) is 0.364. The fourth-order valence-corrected chi connectivity index (χ4v) is 4.30. The molecule has 3 rings (SSSR count). The highest BCUT2D eigenvalue weighted by Gasteiger charge is 2.34. The Hall–Kier alpha value is -2.55. The summed E-state index contributed by atoms with van der Waals surface area (Å²) in [4.78, 5) is 18.2. The van der Waals surface area contributed by atoms with Crippen molar-refractivity contribution in [3.05, 3.63) is 76.7 Å². The van der Waals surface area contributed by atoms with Crippen molar-refractivity contribution in [2.75, 3.05) is 13.7 Å². The van der Waals surface area contributed by atoms with Crippen LogP contribution in [0.25, 0.3) is 11.3 Å². The van der Waals surface area contributed by atoms with Crippen molar-refractivity contribution in [2.24, 2.45) is 11.1 Å². The number of carbonyl (C=O) groups is 1. The summed E-state index contributed by atoms with van der Waals surface area (Å²) in [5.41, 5.74) is 7.91. The Morgan fingerprint density at radius 3 is 2.51 bits per heavy atom. The van der Waals surface area contributed by atoms with Gasteiger partial charge in [0.1, 0.15) is 18.1 Å². The molecule has 0 fully saturated rings. The Morgan fingerprint density at radius 2 is 1.91 bits per heavy atom. The topological polar surface area (TPSA) is 82.2 Å². The number of hydrogen-bond donors (Lipinski definition) is 2. The lowest BCUT2D eigenvalue weighted by molar-refractivity contribution is -0.134. The van der Waals surface area contributed by atoms with Crippen LogP contribution in [0, 0.1) is 5.41 Å². The number of nitrogens with zero attached hydrogens (tertiary/aromatic N) is 2. The van der Waals surface area contributed by atoms with Crippen LogP contribution in [0.4, 0.5) is 4.39 Å². The van der Waals surface area contributed by atoms with E-state index in [-0.39, 0.29) is 24.3 Å². The first kappa shape index (κ1) is 27.0. The molecule has 1 aromatic heterocycles. The number of methoxy groups -OCH3 is 1. The van der Waals surface area contributed by atoms with Crippen molar-refractivity contribution in [1.82, 2.24) is 14.9 Å². The van der Waals surface area contributed by atoms with Crippen LogP contribution < -0.4 is 11.1 Å². The Morgan fingerprint density at radius 1 is 1.20 bits per heavy atom. The van der Waals surface area contributed by atoms with Gasteiger partial charge in [0.05, 0.1) is 11.7 Å². The van der Waals surface area contributed by atoms with Crippen LogP contribution in [0.1, 0.15) is 44.6 Å². The maximum Gasteiger partial charge on any atom is 0.249 e. The van der Waals surface area contributed by atoms with Gasteiger partial charge in [-0.15, -0.1) is 0 Å². The first-order valence-electron chi connectivity index (χ1n) is 11.7. The van der Waals surface area contributed by atoms with Gasteiger partial charge in [0, 0.05) is 42.9 Å². The van der Waals surface area contributed by atoms with Crippen LogP contribution in [0.2, 0.25) is 0 Å². The third-order valence-electron chi connectivity index (χ3n) is 5.84. The summed E-state index contributed by atoms with van der Waals surface area (Å²) >= 11 is 3.54. The molecule has 0 aliphatic carbocycles. The monoisotopic (exact) mass is 544 g/mol. The predicted molar refractivity (Wildman–Crippen MR) is 141 cm³/mol. The number of rotatable bonds is 10. The number of ether oxygens (including phenoxy) is 1. The number of nitrogens with one attached hydrogen (secondary N) is 1. The summed E-state index contributed by atoms with van der Waals surface area (Å²) in [6.45, 7) is 6.55. The lowest BCUT2D eigenvalue weighted by Gasteiger charge is -2.32. The van der Waals surface area contributed by atoms with E-state index in [1.165, 1.54) is 7.11 Å². The number of alkyl halides is 1. The number of imidazole rings is 1. The molecule has 3 N–H and O–H groups in total. The van der Waals surface area contributed by atoms with E-state index in [2.05, 4.69) is 37.9 Å². The lowest BCUT2D eigenvalue weighted by Crippen LogP contribution is -2.45. The second kappa shape index (κ2) is 11.9. The third kappa shape index (κ3) is 7.22. The van der Waals surface area contributed by atoms with Gasteiger partial charge in [-0.1, -0.05) is 79.2 Å². The van der Waals surface area contributed by atoms with Gasteiger partial charge >= 0.3 is 0 Å². The minimum absolute atomic E-state index is 0.0998. The van der Waals surface area contributed by atoms with E-state index < -0.39 is 18.3 Å². The maximum absolute atomic E-state index is 13.9. The zero-order chi connectivity index (χ0) is 25.6. The minimum Gasteiger partial charge on any atom is -0.372 e. The predicted octanol–water partition coefficient (Wildman–Crippen LogP) is 5.27. The fraction of sp³-hybridized carbons (Fsp3) is 0.407. The zero-order valence-corrected chi connectivity index (χ0v) is 22.3. The molecule has 0 aliphatic heterocycles. The Balaban J connectivity index is 2.03. The van der Waals surface area contributed by atoms with E-state index in [4.69, 9.17) is 15.5 Å². The number of nitrogens with two attached hydrogens (primary N) is 1. The molecule has 0 saturated heterocycles. The molecule has 1 unspecified atom stereocenters. The molecular weight excluding hydrogens is 511 g/mol. The molecule has 188 valence electrons. The van der Waals surface area contributed by atoms with Crippen LogP contribution in [-0.4, -0.2) is 41.4 Å². The molecule has 1 heterocycles. The minimum atomic E-state index is -1.32. The molecule has 0 spiro atoms. The number of halogens is 2. The highest BCUT2D eigenvalue weighted by atomic mass is 79.9. The van der Waals surface area contributed by atoms with Crippen LogP contribution in [0.5, 0.6) is 0 Å². The average molecular weight is 545 g/mol. The highest BCUT2D eigenvalue weighted by molar-refractivity contribution is 9.10. The lowest BCUT2D eigenvalue weighted by atomic mass is 9.85. The Labute approximate surface area is 215 Å². The van der Waals surface area contributed by atoms with Crippen molar-refractivity contribution < 1.29 is 13.9 Å². The molecule has 35 heavy (non-hydrogen) atoms. The molecule has 0 saturated carbocycles. The van der Waals surface area contributed by atoms with Crippen LogP contribution >= 0.6 is 15.9 Å².